The Morgan fingerprint density at radius 1 is 0.970 bits per heavy atom. The Bertz CT molecular complexity index is 1250. The largest absolute Gasteiger partial charge is 0.493 e. The highest BCUT2D eigenvalue weighted by Crippen LogP contribution is 2.47. The van der Waals surface area contributed by atoms with E-state index in [4.69, 9.17) is 9.47 Å². The van der Waals surface area contributed by atoms with Gasteiger partial charge >= 0.3 is 0 Å². The number of methoxy groups -OCH3 is 1. The second-order valence-corrected chi connectivity index (χ2v) is 10.2. The van der Waals surface area contributed by atoms with Crippen LogP contribution in [0.25, 0.3) is 0 Å². The molecule has 1 saturated heterocycles. The predicted molar refractivity (Wildman–Crippen MR) is 127 cm³/mol. The molecule has 3 aromatic rings. The summed E-state index contributed by atoms with van der Waals surface area (Å²) < 4.78 is 40.6. The Kier molecular flexibility index (Phi) is 5.86. The lowest BCUT2D eigenvalue weighted by molar-refractivity contribution is 0.154. The van der Waals surface area contributed by atoms with E-state index in [2.05, 4.69) is 23.1 Å². The molecule has 2 atom stereocenters. The molecule has 3 aromatic carbocycles. The summed E-state index contributed by atoms with van der Waals surface area (Å²) in [5.74, 6) is 1.26. The molecule has 33 heavy (non-hydrogen) atoms. The van der Waals surface area contributed by atoms with Crippen LogP contribution >= 0.6 is 0 Å². The van der Waals surface area contributed by atoms with E-state index in [0.29, 0.717) is 29.5 Å². The number of hydrogen-bond donors (Lipinski definition) is 0. The predicted octanol–water partition coefficient (Wildman–Crippen LogP) is 4.40. The van der Waals surface area contributed by atoms with Crippen LogP contribution in [-0.4, -0.2) is 44.4 Å². The molecule has 2 aliphatic heterocycles. The second kappa shape index (κ2) is 8.82. The third-order valence-electron chi connectivity index (χ3n) is 6.53. The maximum Gasteiger partial charge on any atom is 0.244 e. The summed E-state index contributed by atoms with van der Waals surface area (Å²) in [6, 6.07) is 22.8. The summed E-state index contributed by atoms with van der Waals surface area (Å²) in [5.41, 5.74) is 3.37. The fraction of sp³-hybridized carbons (Fsp3) is 0.308. The number of nitrogens with zero attached hydrogens (tertiary/aromatic N) is 2. The zero-order valence-electron chi connectivity index (χ0n) is 18.8. The van der Waals surface area contributed by atoms with Crippen molar-refractivity contribution in [3.8, 4) is 11.5 Å². The van der Waals surface area contributed by atoms with Gasteiger partial charge in [0.2, 0.25) is 10.0 Å². The minimum atomic E-state index is -3.72. The van der Waals surface area contributed by atoms with Crippen molar-refractivity contribution in [2.24, 2.45) is 0 Å². The molecule has 172 valence electrons. The van der Waals surface area contributed by atoms with Gasteiger partial charge < -0.3 is 9.47 Å². The third kappa shape index (κ3) is 3.80. The molecular weight excluding hydrogens is 436 g/mol. The third-order valence-corrected chi connectivity index (χ3v) is 8.36. The van der Waals surface area contributed by atoms with Crippen molar-refractivity contribution >= 4 is 10.0 Å². The summed E-state index contributed by atoms with van der Waals surface area (Å²) in [6.45, 7) is 3.60. The fourth-order valence-electron chi connectivity index (χ4n) is 5.04. The van der Waals surface area contributed by atoms with E-state index in [0.717, 1.165) is 18.5 Å². The van der Waals surface area contributed by atoms with E-state index in [9.17, 15) is 8.42 Å². The topological polar surface area (TPSA) is 59.1 Å². The van der Waals surface area contributed by atoms with Crippen molar-refractivity contribution in [3.05, 3.63) is 89.5 Å². The first-order chi connectivity index (χ1) is 16.0. The lowest BCUT2D eigenvalue weighted by Crippen LogP contribution is -2.37. The lowest BCUT2D eigenvalue weighted by Gasteiger charge is -2.36. The molecule has 0 aromatic heterocycles. The van der Waals surface area contributed by atoms with E-state index < -0.39 is 16.2 Å². The molecule has 7 heteroatoms. The molecule has 2 heterocycles. The molecule has 5 rings (SSSR count). The van der Waals surface area contributed by atoms with Gasteiger partial charge in [-0.2, -0.15) is 4.31 Å². The summed E-state index contributed by atoms with van der Waals surface area (Å²) >= 11 is 0. The van der Waals surface area contributed by atoms with Crippen LogP contribution in [-0.2, 0) is 16.4 Å². The van der Waals surface area contributed by atoms with Gasteiger partial charge in [0, 0.05) is 13.1 Å². The van der Waals surface area contributed by atoms with Crippen LogP contribution in [0.1, 0.15) is 35.8 Å². The molecule has 0 saturated carbocycles. The summed E-state index contributed by atoms with van der Waals surface area (Å²) in [6.07, 6.45) is 0.454. The van der Waals surface area contributed by atoms with E-state index in [1.54, 1.807) is 35.7 Å². The average molecular weight is 465 g/mol. The minimum absolute atomic E-state index is 0.00363. The van der Waals surface area contributed by atoms with Crippen LogP contribution in [0.2, 0.25) is 0 Å². The van der Waals surface area contributed by atoms with Crippen LogP contribution in [0.5, 0.6) is 11.5 Å². The van der Waals surface area contributed by atoms with Crippen molar-refractivity contribution in [2.75, 3.05) is 26.8 Å². The normalized spacial score (nSPS) is 20.8. The first kappa shape index (κ1) is 21.9. The van der Waals surface area contributed by atoms with Crippen molar-refractivity contribution < 1.29 is 17.9 Å². The number of hydrogen-bond acceptors (Lipinski definition) is 5. The molecule has 6 nitrogen and oxygen atoms in total. The van der Waals surface area contributed by atoms with Crippen molar-refractivity contribution in [2.45, 2.75) is 30.4 Å². The van der Waals surface area contributed by atoms with Gasteiger partial charge in [0.15, 0.2) is 11.5 Å². The van der Waals surface area contributed by atoms with Crippen LogP contribution in [0.4, 0.5) is 0 Å². The van der Waals surface area contributed by atoms with E-state index >= 15 is 0 Å². The van der Waals surface area contributed by atoms with Crippen molar-refractivity contribution in [1.29, 1.82) is 0 Å². The number of fused-ring (bicyclic) bond motifs is 3. The Morgan fingerprint density at radius 3 is 2.48 bits per heavy atom. The maximum atomic E-state index is 13.9. The van der Waals surface area contributed by atoms with Gasteiger partial charge in [-0.05, 0) is 54.3 Å². The Balaban J connectivity index is 1.64. The van der Waals surface area contributed by atoms with Gasteiger partial charge in [-0.3, -0.25) is 4.90 Å². The monoisotopic (exact) mass is 464 g/mol. The second-order valence-electron chi connectivity index (χ2n) is 8.31. The van der Waals surface area contributed by atoms with E-state index in [1.165, 1.54) is 11.1 Å². The van der Waals surface area contributed by atoms with Gasteiger partial charge in [-0.1, -0.05) is 48.5 Å². The molecule has 2 unspecified atom stereocenters. The molecule has 0 aliphatic carbocycles. The molecular formula is C26H28N2O4S. The summed E-state index contributed by atoms with van der Waals surface area (Å²) in [4.78, 5) is 2.61. The van der Waals surface area contributed by atoms with Crippen molar-refractivity contribution in [1.82, 2.24) is 9.21 Å². The Labute approximate surface area is 195 Å². The van der Waals surface area contributed by atoms with Crippen LogP contribution < -0.4 is 9.47 Å². The molecule has 1 fully saturated rings. The number of rotatable bonds is 6. The van der Waals surface area contributed by atoms with Gasteiger partial charge in [0.25, 0.3) is 0 Å². The van der Waals surface area contributed by atoms with Gasteiger partial charge in [-0.15, -0.1) is 0 Å². The number of sulfonamides is 1. The Morgan fingerprint density at radius 2 is 1.73 bits per heavy atom. The number of benzene rings is 3. The first-order valence-electron chi connectivity index (χ1n) is 11.3. The SMILES string of the molecule is CCOc1cc(C2N3CCc4ccccc4C3CN2S(=O)(=O)c2ccccc2)ccc1OC. The molecule has 2 aliphatic rings. The molecule has 0 radical (unpaired) electrons. The van der Waals surface area contributed by atoms with Crippen LogP contribution in [0.15, 0.2) is 77.7 Å². The summed E-state index contributed by atoms with van der Waals surface area (Å²) in [7, 11) is -2.11. The molecule has 0 N–H and O–H groups in total. The van der Waals surface area contributed by atoms with Crippen LogP contribution in [0.3, 0.4) is 0 Å². The van der Waals surface area contributed by atoms with Gasteiger partial charge in [-0.25, -0.2) is 8.42 Å². The fourth-order valence-corrected chi connectivity index (χ4v) is 6.66. The highest BCUT2D eigenvalue weighted by atomic mass is 32.2. The Hall–Kier alpha value is -2.87. The van der Waals surface area contributed by atoms with Crippen molar-refractivity contribution in [3.63, 3.8) is 0 Å². The quantitative estimate of drug-likeness (QED) is 0.541. The smallest absolute Gasteiger partial charge is 0.244 e. The highest BCUT2D eigenvalue weighted by molar-refractivity contribution is 7.89. The van der Waals surface area contributed by atoms with Gasteiger partial charge in [0.1, 0.15) is 6.17 Å². The van der Waals surface area contributed by atoms with E-state index in [1.807, 2.05) is 37.3 Å². The standard InChI is InChI=1S/C26H28N2O4S/c1-3-32-25-17-20(13-14-24(25)31-2)26-27-16-15-19-9-7-8-12-22(19)23(27)18-28(26)33(29,30)21-10-5-4-6-11-21/h4-14,17,23,26H,3,15-16,18H2,1-2H3. The maximum absolute atomic E-state index is 13.9. The highest BCUT2D eigenvalue weighted by Gasteiger charge is 2.48. The zero-order valence-corrected chi connectivity index (χ0v) is 19.7. The summed E-state index contributed by atoms with van der Waals surface area (Å²) in [5, 5.41) is 0. The zero-order chi connectivity index (χ0) is 23.0. The number of ether oxygens (including phenoxy) is 2. The van der Waals surface area contributed by atoms with E-state index in [-0.39, 0.29) is 6.04 Å². The average Bonchev–Trinajstić information content (AvgIpc) is 3.26. The van der Waals surface area contributed by atoms with Crippen LogP contribution in [0, 0.1) is 0 Å². The molecule has 0 spiro atoms. The van der Waals surface area contributed by atoms with Gasteiger partial charge in [0.05, 0.1) is 24.7 Å². The molecule has 0 amide bonds. The minimum Gasteiger partial charge on any atom is -0.493 e. The lowest BCUT2D eigenvalue weighted by atomic mass is 9.93. The first-order valence-corrected chi connectivity index (χ1v) is 12.7. The molecule has 0 bridgehead atoms.